The van der Waals surface area contributed by atoms with Gasteiger partial charge in [-0.1, -0.05) is 54.6 Å². The van der Waals surface area contributed by atoms with E-state index in [-0.39, 0.29) is 11.9 Å². The first-order valence-corrected chi connectivity index (χ1v) is 11.3. The first kappa shape index (κ1) is 20.9. The van der Waals surface area contributed by atoms with E-state index in [4.69, 9.17) is 4.98 Å². The number of hydrogen-bond acceptors (Lipinski definition) is 4. The molecule has 0 bridgehead atoms. The lowest BCUT2D eigenvalue weighted by Crippen LogP contribution is -2.34. The molecule has 1 amide bonds. The van der Waals surface area contributed by atoms with Gasteiger partial charge < -0.3 is 5.32 Å². The average Bonchev–Trinajstić information content (AvgIpc) is 3.30. The Morgan fingerprint density at radius 1 is 0.935 bits per heavy atom. The number of nitrogens with one attached hydrogen (secondary N) is 1. The molecule has 4 rings (SSSR count). The Morgan fingerprint density at radius 3 is 2.42 bits per heavy atom. The lowest BCUT2D eigenvalue weighted by Gasteiger charge is -2.14. The molecule has 0 aliphatic carbocycles. The molecule has 0 fully saturated rings. The van der Waals surface area contributed by atoms with E-state index in [1.165, 1.54) is 5.56 Å². The second kappa shape index (κ2) is 10.1. The third kappa shape index (κ3) is 5.86. The maximum absolute atomic E-state index is 12.4. The lowest BCUT2D eigenvalue weighted by molar-refractivity contribution is -0.121. The van der Waals surface area contributed by atoms with Crippen LogP contribution in [-0.2, 0) is 17.6 Å². The fourth-order valence-corrected chi connectivity index (χ4v) is 4.27. The molecule has 0 saturated carbocycles. The molecule has 0 spiro atoms. The molecule has 5 heteroatoms. The maximum atomic E-state index is 12.4. The fourth-order valence-electron chi connectivity index (χ4n) is 3.44. The monoisotopic (exact) mass is 427 g/mol. The summed E-state index contributed by atoms with van der Waals surface area (Å²) in [4.78, 5) is 21.2. The number of carbonyl (C=O) groups is 1. The van der Waals surface area contributed by atoms with Gasteiger partial charge in [-0.3, -0.25) is 9.78 Å². The van der Waals surface area contributed by atoms with Crippen molar-refractivity contribution in [1.29, 1.82) is 0 Å². The Kier molecular flexibility index (Phi) is 6.85. The van der Waals surface area contributed by atoms with Crippen molar-refractivity contribution in [3.63, 3.8) is 0 Å². The summed E-state index contributed by atoms with van der Waals surface area (Å²) >= 11 is 1.62. The van der Waals surface area contributed by atoms with E-state index in [9.17, 15) is 4.79 Å². The smallest absolute Gasteiger partial charge is 0.224 e. The van der Waals surface area contributed by atoms with Crippen LogP contribution < -0.4 is 5.32 Å². The van der Waals surface area contributed by atoms with Gasteiger partial charge in [0.25, 0.3) is 0 Å². The summed E-state index contributed by atoms with van der Waals surface area (Å²) in [5, 5.41) is 6.15. The maximum Gasteiger partial charge on any atom is 0.224 e. The zero-order chi connectivity index (χ0) is 21.5. The summed E-state index contributed by atoms with van der Waals surface area (Å²) in [5.74, 6) is 0.0574. The molecule has 0 aliphatic heterocycles. The number of carbonyl (C=O) groups excluding carboxylic acids is 1. The number of pyridine rings is 1. The number of nitrogens with zero attached hydrogens (tertiary/aromatic N) is 2. The second-order valence-electron chi connectivity index (χ2n) is 7.64. The summed E-state index contributed by atoms with van der Waals surface area (Å²) in [6, 6.07) is 22.5. The molecule has 1 N–H and O–H groups in total. The molecule has 1 atom stereocenters. The van der Waals surface area contributed by atoms with E-state index < -0.39 is 0 Å². The number of benzene rings is 2. The number of aromatic nitrogens is 2. The summed E-state index contributed by atoms with van der Waals surface area (Å²) in [5.41, 5.74) is 5.37. The summed E-state index contributed by atoms with van der Waals surface area (Å²) < 4.78 is 0. The predicted molar refractivity (Wildman–Crippen MR) is 127 cm³/mol. The Balaban J connectivity index is 1.30. The van der Waals surface area contributed by atoms with E-state index in [0.717, 1.165) is 40.2 Å². The molecule has 0 unspecified atom stereocenters. The van der Waals surface area contributed by atoms with Crippen LogP contribution >= 0.6 is 11.3 Å². The van der Waals surface area contributed by atoms with Gasteiger partial charge >= 0.3 is 0 Å². The Hall–Kier alpha value is -3.31. The van der Waals surface area contributed by atoms with Crippen LogP contribution in [0.3, 0.4) is 0 Å². The van der Waals surface area contributed by atoms with Crippen LogP contribution in [0.4, 0.5) is 0 Å². The van der Waals surface area contributed by atoms with Crippen LogP contribution in [0.15, 0.2) is 84.5 Å². The van der Waals surface area contributed by atoms with Gasteiger partial charge in [0.15, 0.2) is 0 Å². The molecule has 2 aromatic carbocycles. The van der Waals surface area contributed by atoms with E-state index in [0.29, 0.717) is 6.42 Å². The first-order chi connectivity index (χ1) is 15.2. The number of amides is 1. The number of thiazole rings is 1. The molecule has 0 saturated heterocycles. The van der Waals surface area contributed by atoms with Crippen molar-refractivity contribution in [2.75, 3.05) is 0 Å². The SMILES string of the molecule is C[C@H](CCc1ccccc1)NC(=O)Cc1ccc(-c2csc(-c3ccncc3)n2)cc1. The van der Waals surface area contributed by atoms with E-state index in [1.807, 2.05) is 54.6 Å². The van der Waals surface area contributed by atoms with Crippen LogP contribution in [0.25, 0.3) is 21.8 Å². The molecular weight excluding hydrogens is 402 g/mol. The summed E-state index contributed by atoms with van der Waals surface area (Å²) in [6.07, 6.45) is 5.83. The van der Waals surface area contributed by atoms with Crippen LogP contribution in [-0.4, -0.2) is 21.9 Å². The van der Waals surface area contributed by atoms with Gasteiger partial charge in [-0.15, -0.1) is 11.3 Å². The van der Waals surface area contributed by atoms with Crippen LogP contribution in [0.5, 0.6) is 0 Å². The molecule has 2 aromatic heterocycles. The van der Waals surface area contributed by atoms with Gasteiger partial charge in [-0.05, 0) is 43.0 Å². The van der Waals surface area contributed by atoms with Crippen molar-refractivity contribution in [2.24, 2.45) is 0 Å². The third-order valence-corrected chi connectivity index (χ3v) is 6.05. The number of aryl methyl sites for hydroxylation is 1. The Morgan fingerprint density at radius 2 is 1.68 bits per heavy atom. The first-order valence-electron chi connectivity index (χ1n) is 10.5. The minimum atomic E-state index is 0.0574. The molecule has 156 valence electrons. The zero-order valence-corrected chi connectivity index (χ0v) is 18.3. The normalized spacial score (nSPS) is 11.8. The molecule has 4 nitrogen and oxygen atoms in total. The van der Waals surface area contributed by atoms with Gasteiger partial charge in [-0.25, -0.2) is 4.98 Å². The second-order valence-corrected chi connectivity index (χ2v) is 8.50. The average molecular weight is 428 g/mol. The Bertz CT molecular complexity index is 1110. The molecule has 31 heavy (non-hydrogen) atoms. The van der Waals surface area contributed by atoms with Gasteiger partial charge in [0.05, 0.1) is 12.1 Å². The number of rotatable bonds is 8. The Labute approximate surface area is 187 Å². The summed E-state index contributed by atoms with van der Waals surface area (Å²) in [7, 11) is 0. The van der Waals surface area contributed by atoms with Crippen LogP contribution in [0.2, 0.25) is 0 Å². The number of hydrogen-bond donors (Lipinski definition) is 1. The molecule has 0 radical (unpaired) electrons. The van der Waals surface area contributed by atoms with Gasteiger partial charge in [0, 0.05) is 34.9 Å². The highest BCUT2D eigenvalue weighted by Gasteiger charge is 2.10. The largest absolute Gasteiger partial charge is 0.353 e. The predicted octanol–water partition coefficient (Wildman–Crippen LogP) is 5.55. The van der Waals surface area contributed by atoms with Crippen molar-refractivity contribution in [1.82, 2.24) is 15.3 Å². The highest BCUT2D eigenvalue weighted by atomic mass is 32.1. The zero-order valence-electron chi connectivity index (χ0n) is 17.5. The minimum Gasteiger partial charge on any atom is -0.353 e. The van der Waals surface area contributed by atoms with Crippen molar-refractivity contribution in [2.45, 2.75) is 32.2 Å². The molecule has 4 aromatic rings. The van der Waals surface area contributed by atoms with Gasteiger partial charge in [-0.2, -0.15) is 0 Å². The highest BCUT2D eigenvalue weighted by Crippen LogP contribution is 2.28. The standard InChI is InChI=1S/C26H25N3OS/c1-19(7-8-20-5-3-2-4-6-20)28-25(30)17-21-9-11-22(12-10-21)24-18-31-26(29-24)23-13-15-27-16-14-23/h2-6,9-16,18-19H,7-8,17H2,1H3,(H,28,30)/t19-/m1/s1. The van der Waals surface area contributed by atoms with Crippen molar-refractivity contribution in [3.05, 3.63) is 95.6 Å². The van der Waals surface area contributed by atoms with E-state index in [1.54, 1.807) is 23.7 Å². The van der Waals surface area contributed by atoms with Crippen molar-refractivity contribution >= 4 is 17.2 Å². The van der Waals surface area contributed by atoms with Gasteiger partial charge in [0.2, 0.25) is 5.91 Å². The van der Waals surface area contributed by atoms with E-state index in [2.05, 4.69) is 34.7 Å². The highest BCUT2D eigenvalue weighted by molar-refractivity contribution is 7.13. The summed E-state index contributed by atoms with van der Waals surface area (Å²) in [6.45, 7) is 2.06. The fraction of sp³-hybridized carbons (Fsp3) is 0.192. The molecular formula is C26H25N3OS. The quantitative estimate of drug-likeness (QED) is 0.401. The van der Waals surface area contributed by atoms with Crippen LogP contribution in [0, 0.1) is 0 Å². The van der Waals surface area contributed by atoms with Crippen molar-refractivity contribution in [3.8, 4) is 21.8 Å². The topological polar surface area (TPSA) is 54.9 Å². The lowest BCUT2D eigenvalue weighted by atomic mass is 10.0. The molecule has 2 heterocycles. The van der Waals surface area contributed by atoms with Gasteiger partial charge in [0.1, 0.15) is 5.01 Å². The van der Waals surface area contributed by atoms with Crippen LogP contribution in [0.1, 0.15) is 24.5 Å². The third-order valence-electron chi connectivity index (χ3n) is 5.16. The molecule has 0 aliphatic rings. The van der Waals surface area contributed by atoms with Crippen molar-refractivity contribution < 1.29 is 4.79 Å². The minimum absolute atomic E-state index is 0.0574. The van der Waals surface area contributed by atoms with E-state index >= 15 is 0 Å².